The lowest BCUT2D eigenvalue weighted by Crippen LogP contribution is -2.41. The van der Waals surface area contributed by atoms with Crippen LogP contribution < -0.4 is 5.32 Å². The van der Waals surface area contributed by atoms with Crippen molar-refractivity contribution >= 4 is 23.3 Å². The molecule has 0 unspecified atom stereocenters. The number of amides is 1. The molecule has 0 aliphatic heterocycles. The second-order valence-electron chi connectivity index (χ2n) is 6.08. The summed E-state index contributed by atoms with van der Waals surface area (Å²) >= 11 is 0. The molecule has 0 aromatic heterocycles. The Balaban J connectivity index is 2.02. The highest BCUT2D eigenvalue weighted by molar-refractivity contribution is 5.96. The van der Waals surface area contributed by atoms with Crippen molar-refractivity contribution in [3.05, 3.63) is 60.2 Å². The zero-order valence-corrected chi connectivity index (χ0v) is 14.2. The van der Waals surface area contributed by atoms with Crippen LogP contribution in [-0.4, -0.2) is 23.0 Å². The number of hydrogen-bond donors (Lipinski definition) is 2. The van der Waals surface area contributed by atoms with Gasteiger partial charge in [0.05, 0.1) is 11.4 Å². The molecule has 25 heavy (non-hydrogen) atoms. The molecule has 6 nitrogen and oxygen atoms in total. The number of carbonyl (C=O) groups excluding carboxylic acids is 1. The molecule has 2 rings (SSSR count). The SMILES string of the molecule is CC(C)C[C@H](NC(=O)c1ccc(N=Nc2ccccc2)cc1)C(=O)O. The minimum atomic E-state index is -1.03. The Hall–Kier alpha value is -3.02. The van der Waals surface area contributed by atoms with Crippen molar-refractivity contribution in [3.8, 4) is 0 Å². The van der Waals surface area contributed by atoms with Crippen molar-refractivity contribution in [1.29, 1.82) is 0 Å². The third-order valence-electron chi connectivity index (χ3n) is 3.48. The van der Waals surface area contributed by atoms with Crippen molar-refractivity contribution < 1.29 is 14.7 Å². The maximum absolute atomic E-state index is 12.2. The second kappa shape index (κ2) is 8.73. The van der Waals surface area contributed by atoms with Crippen LogP contribution in [0, 0.1) is 5.92 Å². The average molecular weight is 339 g/mol. The van der Waals surface area contributed by atoms with Crippen LogP contribution in [-0.2, 0) is 4.79 Å². The molecule has 0 aliphatic rings. The van der Waals surface area contributed by atoms with E-state index in [2.05, 4.69) is 15.5 Å². The van der Waals surface area contributed by atoms with Crippen LogP contribution in [0.5, 0.6) is 0 Å². The predicted octanol–water partition coefficient (Wildman–Crippen LogP) is 4.33. The Labute approximate surface area is 146 Å². The Bertz CT molecular complexity index is 740. The van der Waals surface area contributed by atoms with Gasteiger partial charge in [-0.2, -0.15) is 10.2 Å². The first-order valence-corrected chi connectivity index (χ1v) is 8.06. The maximum Gasteiger partial charge on any atom is 0.326 e. The summed E-state index contributed by atoms with van der Waals surface area (Å²) < 4.78 is 0. The summed E-state index contributed by atoms with van der Waals surface area (Å²) in [6, 6.07) is 15.0. The van der Waals surface area contributed by atoms with Gasteiger partial charge in [0.25, 0.3) is 5.91 Å². The highest BCUT2D eigenvalue weighted by atomic mass is 16.4. The monoisotopic (exact) mass is 339 g/mol. The summed E-state index contributed by atoms with van der Waals surface area (Å²) in [5, 5.41) is 20.0. The molecular weight excluding hydrogens is 318 g/mol. The van der Waals surface area contributed by atoms with Gasteiger partial charge in [0.15, 0.2) is 0 Å². The van der Waals surface area contributed by atoms with E-state index in [0.29, 0.717) is 17.7 Å². The summed E-state index contributed by atoms with van der Waals surface area (Å²) in [7, 11) is 0. The van der Waals surface area contributed by atoms with Crippen LogP contribution in [0.25, 0.3) is 0 Å². The number of carbonyl (C=O) groups is 2. The van der Waals surface area contributed by atoms with Gasteiger partial charge in [-0.3, -0.25) is 4.79 Å². The Kier molecular flexibility index (Phi) is 6.39. The van der Waals surface area contributed by atoms with E-state index in [1.807, 2.05) is 44.2 Å². The molecule has 0 bridgehead atoms. The second-order valence-corrected chi connectivity index (χ2v) is 6.08. The lowest BCUT2D eigenvalue weighted by molar-refractivity contribution is -0.139. The quantitative estimate of drug-likeness (QED) is 0.735. The number of benzene rings is 2. The number of carboxylic acid groups (broad SMARTS) is 1. The lowest BCUT2D eigenvalue weighted by Gasteiger charge is -2.16. The van der Waals surface area contributed by atoms with Crippen molar-refractivity contribution in [1.82, 2.24) is 5.32 Å². The minimum absolute atomic E-state index is 0.169. The fourth-order valence-corrected chi connectivity index (χ4v) is 2.22. The smallest absolute Gasteiger partial charge is 0.326 e. The van der Waals surface area contributed by atoms with E-state index in [-0.39, 0.29) is 5.92 Å². The number of nitrogens with one attached hydrogen (secondary N) is 1. The molecule has 1 atom stereocenters. The summed E-state index contributed by atoms with van der Waals surface area (Å²) in [5.74, 6) is -1.28. The molecular formula is C19H21N3O3. The third-order valence-corrected chi connectivity index (χ3v) is 3.48. The van der Waals surface area contributed by atoms with E-state index in [1.165, 1.54) is 0 Å². The van der Waals surface area contributed by atoms with E-state index in [9.17, 15) is 14.7 Å². The number of nitrogens with zero attached hydrogens (tertiary/aromatic N) is 2. The van der Waals surface area contributed by atoms with E-state index < -0.39 is 17.9 Å². The molecule has 6 heteroatoms. The number of rotatable bonds is 7. The van der Waals surface area contributed by atoms with Gasteiger partial charge in [-0.05, 0) is 48.7 Å². The van der Waals surface area contributed by atoms with Gasteiger partial charge < -0.3 is 10.4 Å². The van der Waals surface area contributed by atoms with Gasteiger partial charge in [-0.15, -0.1) is 0 Å². The van der Waals surface area contributed by atoms with Crippen LogP contribution >= 0.6 is 0 Å². The number of hydrogen-bond acceptors (Lipinski definition) is 4. The molecule has 0 fully saturated rings. The zero-order valence-electron chi connectivity index (χ0n) is 14.2. The fraction of sp³-hybridized carbons (Fsp3) is 0.263. The van der Waals surface area contributed by atoms with Gasteiger partial charge >= 0.3 is 5.97 Å². The highest BCUT2D eigenvalue weighted by Crippen LogP contribution is 2.18. The summed E-state index contributed by atoms with van der Waals surface area (Å²) in [6.45, 7) is 3.82. The van der Waals surface area contributed by atoms with E-state index in [4.69, 9.17) is 0 Å². The van der Waals surface area contributed by atoms with Crippen LogP contribution in [0.4, 0.5) is 11.4 Å². The van der Waals surface area contributed by atoms with Crippen LogP contribution in [0.1, 0.15) is 30.6 Å². The fourth-order valence-electron chi connectivity index (χ4n) is 2.22. The average Bonchev–Trinajstić information content (AvgIpc) is 2.60. The molecule has 0 saturated heterocycles. The molecule has 0 heterocycles. The molecule has 2 aromatic rings. The van der Waals surface area contributed by atoms with Crippen molar-refractivity contribution in [2.24, 2.45) is 16.1 Å². The molecule has 0 spiro atoms. The van der Waals surface area contributed by atoms with Gasteiger partial charge in [-0.1, -0.05) is 32.0 Å². The van der Waals surface area contributed by atoms with Crippen molar-refractivity contribution in [2.75, 3.05) is 0 Å². The number of aliphatic carboxylic acids is 1. The van der Waals surface area contributed by atoms with Crippen LogP contribution in [0.3, 0.4) is 0 Å². The summed E-state index contributed by atoms with van der Waals surface area (Å²) in [4.78, 5) is 23.4. The van der Waals surface area contributed by atoms with Crippen molar-refractivity contribution in [3.63, 3.8) is 0 Å². The third kappa shape index (κ3) is 5.84. The molecule has 130 valence electrons. The van der Waals surface area contributed by atoms with Gasteiger partial charge in [0, 0.05) is 5.56 Å². The zero-order chi connectivity index (χ0) is 18.2. The Morgan fingerprint density at radius 3 is 2.04 bits per heavy atom. The standard InChI is InChI=1S/C19H21N3O3/c1-13(2)12-17(19(24)25)20-18(23)14-8-10-16(11-9-14)22-21-15-6-4-3-5-7-15/h3-11,13,17H,12H2,1-2H3,(H,20,23)(H,24,25)/t17-/m0/s1. The normalized spacial score (nSPS) is 12.3. The van der Waals surface area contributed by atoms with Crippen LogP contribution in [0.2, 0.25) is 0 Å². The van der Waals surface area contributed by atoms with Gasteiger partial charge in [0.1, 0.15) is 6.04 Å². The van der Waals surface area contributed by atoms with Crippen LogP contribution in [0.15, 0.2) is 64.8 Å². The largest absolute Gasteiger partial charge is 0.480 e. The van der Waals surface area contributed by atoms with E-state index in [0.717, 1.165) is 5.69 Å². The molecule has 2 N–H and O–H groups in total. The van der Waals surface area contributed by atoms with Gasteiger partial charge in [0.2, 0.25) is 0 Å². The van der Waals surface area contributed by atoms with E-state index >= 15 is 0 Å². The summed E-state index contributed by atoms with van der Waals surface area (Å²) in [5.41, 5.74) is 1.73. The maximum atomic E-state index is 12.2. The predicted molar refractivity (Wildman–Crippen MR) is 95.4 cm³/mol. The van der Waals surface area contributed by atoms with Crippen molar-refractivity contribution in [2.45, 2.75) is 26.3 Å². The summed E-state index contributed by atoms with van der Waals surface area (Å²) in [6.07, 6.45) is 0.379. The Morgan fingerprint density at radius 2 is 1.52 bits per heavy atom. The first-order chi connectivity index (χ1) is 12.0. The molecule has 2 aromatic carbocycles. The minimum Gasteiger partial charge on any atom is -0.480 e. The molecule has 0 saturated carbocycles. The molecule has 0 radical (unpaired) electrons. The van der Waals surface area contributed by atoms with E-state index in [1.54, 1.807) is 24.3 Å². The highest BCUT2D eigenvalue weighted by Gasteiger charge is 2.21. The molecule has 0 aliphatic carbocycles. The topological polar surface area (TPSA) is 91.1 Å². The number of carboxylic acids is 1. The number of azo groups is 1. The molecule has 1 amide bonds. The lowest BCUT2D eigenvalue weighted by atomic mass is 10.0. The Morgan fingerprint density at radius 1 is 0.960 bits per heavy atom. The first kappa shape index (κ1) is 18.3. The van der Waals surface area contributed by atoms with Gasteiger partial charge in [-0.25, -0.2) is 4.79 Å². The first-order valence-electron chi connectivity index (χ1n) is 8.06.